The van der Waals surface area contributed by atoms with Crippen LogP contribution in [0.2, 0.25) is 0 Å². The van der Waals surface area contributed by atoms with Crippen molar-refractivity contribution in [2.75, 3.05) is 18.4 Å². The van der Waals surface area contributed by atoms with Gasteiger partial charge in [-0.15, -0.1) is 11.3 Å². The lowest BCUT2D eigenvalue weighted by Gasteiger charge is -2.27. The number of nitrogens with zero attached hydrogens (tertiary/aromatic N) is 4. The molecule has 1 aliphatic carbocycles. The zero-order chi connectivity index (χ0) is 21.4. The third kappa shape index (κ3) is 4.02. The fraction of sp³-hybridized carbons (Fsp3) is 0.375. The molecule has 0 aromatic carbocycles. The first-order valence-electron chi connectivity index (χ1n) is 10.9. The molecule has 3 aromatic rings. The SMILES string of the molecule is C=CC(=O)N1CC=C(c2nc(Nc3ncc(C)s3)cc3c2ccn3CC2CCC2)CC1. The number of carbonyl (C=O) groups is 1. The van der Waals surface area contributed by atoms with Gasteiger partial charge in [-0.25, -0.2) is 9.97 Å². The van der Waals surface area contributed by atoms with Crippen LogP contribution >= 0.6 is 11.3 Å². The standard InChI is InChI=1S/C24H27N5OS/c1-3-22(30)28-10-7-18(8-11-28)23-19-9-12-29(15-17-5-4-6-17)20(19)13-21(26-23)27-24-25-14-16(2)31-24/h3,7,9,12-14,17H,1,4-6,8,10-11,15H2,2H3,(H,25,26,27). The van der Waals surface area contributed by atoms with E-state index in [4.69, 9.17) is 4.98 Å². The fourth-order valence-corrected chi connectivity index (χ4v) is 5.02. The third-order valence-electron chi connectivity index (χ3n) is 6.30. The highest BCUT2D eigenvalue weighted by atomic mass is 32.1. The quantitative estimate of drug-likeness (QED) is 0.546. The molecule has 1 aliphatic heterocycles. The van der Waals surface area contributed by atoms with E-state index in [0.29, 0.717) is 13.1 Å². The monoisotopic (exact) mass is 433 g/mol. The molecule has 2 aliphatic rings. The van der Waals surface area contributed by atoms with Gasteiger partial charge in [0.25, 0.3) is 0 Å². The van der Waals surface area contributed by atoms with E-state index in [1.807, 2.05) is 11.1 Å². The second-order valence-corrected chi connectivity index (χ2v) is 9.66. The van der Waals surface area contributed by atoms with Crippen LogP contribution in [0.4, 0.5) is 10.9 Å². The van der Waals surface area contributed by atoms with Gasteiger partial charge in [-0.05, 0) is 49.8 Å². The Morgan fingerprint density at radius 3 is 2.94 bits per heavy atom. The number of rotatable bonds is 6. The second kappa shape index (κ2) is 8.30. The Kier molecular flexibility index (Phi) is 5.36. The number of carbonyl (C=O) groups excluding carboxylic acids is 1. The van der Waals surface area contributed by atoms with E-state index < -0.39 is 0 Å². The number of amides is 1. The predicted molar refractivity (Wildman–Crippen MR) is 127 cm³/mol. The molecule has 0 unspecified atom stereocenters. The number of thiazole rings is 1. The lowest BCUT2D eigenvalue weighted by Crippen LogP contribution is -2.33. The number of hydrogen-bond donors (Lipinski definition) is 1. The van der Waals surface area contributed by atoms with Crippen molar-refractivity contribution in [2.24, 2.45) is 5.92 Å². The maximum absolute atomic E-state index is 12.0. The van der Waals surface area contributed by atoms with Crippen LogP contribution in [0, 0.1) is 12.8 Å². The first-order chi connectivity index (χ1) is 15.1. The van der Waals surface area contributed by atoms with Crippen LogP contribution in [-0.2, 0) is 11.3 Å². The van der Waals surface area contributed by atoms with Crippen molar-refractivity contribution in [3.8, 4) is 0 Å². The van der Waals surface area contributed by atoms with Gasteiger partial charge in [0.1, 0.15) is 5.82 Å². The molecule has 160 valence electrons. The first kappa shape index (κ1) is 20.0. The van der Waals surface area contributed by atoms with Crippen LogP contribution in [0.15, 0.2) is 43.3 Å². The number of aryl methyl sites for hydroxylation is 1. The van der Waals surface area contributed by atoms with Crippen molar-refractivity contribution in [1.82, 2.24) is 19.4 Å². The zero-order valence-electron chi connectivity index (χ0n) is 17.8. The molecule has 3 aromatic heterocycles. The summed E-state index contributed by atoms with van der Waals surface area (Å²) in [4.78, 5) is 24.4. The molecule has 0 spiro atoms. The largest absolute Gasteiger partial charge is 0.347 e. The van der Waals surface area contributed by atoms with E-state index in [1.54, 1.807) is 11.3 Å². The van der Waals surface area contributed by atoms with Crippen molar-refractivity contribution >= 4 is 44.7 Å². The molecule has 1 amide bonds. The molecule has 0 atom stereocenters. The fourth-order valence-electron chi connectivity index (χ4n) is 4.35. The minimum absolute atomic E-state index is 0.0189. The van der Waals surface area contributed by atoms with Crippen LogP contribution in [0.5, 0.6) is 0 Å². The van der Waals surface area contributed by atoms with E-state index in [-0.39, 0.29) is 5.91 Å². The molecule has 0 radical (unpaired) electrons. The van der Waals surface area contributed by atoms with Crippen LogP contribution in [0.3, 0.4) is 0 Å². The highest BCUT2D eigenvalue weighted by Crippen LogP contribution is 2.34. The lowest BCUT2D eigenvalue weighted by molar-refractivity contribution is -0.125. The smallest absolute Gasteiger partial charge is 0.246 e. The molecular formula is C24H27N5OS. The maximum Gasteiger partial charge on any atom is 0.246 e. The van der Waals surface area contributed by atoms with E-state index in [1.165, 1.54) is 46.7 Å². The molecule has 1 N–H and O–H groups in total. The molecule has 31 heavy (non-hydrogen) atoms. The summed E-state index contributed by atoms with van der Waals surface area (Å²) in [6, 6.07) is 4.33. The topological polar surface area (TPSA) is 63.1 Å². The number of aromatic nitrogens is 3. The zero-order valence-corrected chi connectivity index (χ0v) is 18.6. The predicted octanol–water partition coefficient (Wildman–Crippen LogP) is 5.15. The van der Waals surface area contributed by atoms with Crippen LogP contribution < -0.4 is 5.32 Å². The van der Waals surface area contributed by atoms with Crippen LogP contribution in [-0.4, -0.2) is 38.4 Å². The average molecular weight is 434 g/mol. The van der Waals surface area contributed by atoms with Crippen molar-refractivity contribution in [1.29, 1.82) is 0 Å². The Morgan fingerprint density at radius 1 is 1.42 bits per heavy atom. The van der Waals surface area contributed by atoms with Crippen LogP contribution in [0.25, 0.3) is 16.5 Å². The molecule has 0 saturated heterocycles. The Balaban J connectivity index is 1.53. The van der Waals surface area contributed by atoms with Crippen molar-refractivity contribution in [3.05, 3.63) is 53.8 Å². The van der Waals surface area contributed by atoms with E-state index >= 15 is 0 Å². The van der Waals surface area contributed by atoms with Gasteiger partial charge >= 0.3 is 0 Å². The summed E-state index contributed by atoms with van der Waals surface area (Å²) in [5.74, 6) is 1.57. The van der Waals surface area contributed by atoms with Gasteiger partial charge in [-0.2, -0.15) is 0 Å². The highest BCUT2D eigenvalue weighted by Gasteiger charge is 2.22. The molecule has 7 heteroatoms. The molecule has 6 nitrogen and oxygen atoms in total. The molecule has 4 heterocycles. The number of hydrogen-bond acceptors (Lipinski definition) is 5. The first-order valence-corrected chi connectivity index (χ1v) is 11.7. The summed E-state index contributed by atoms with van der Waals surface area (Å²) in [6.45, 7) is 8.00. The summed E-state index contributed by atoms with van der Waals surface area (Å²) in [5.41, 5.74) is 3.41. The molecule has 1 fully saturated rings. The van der Waals surface area contributed by atoms with Gasteiger partial charge in [0.15, 0.2) is 5.13 Å². The molecule has 5 rings (SSSR count). The van der Waals surface area contributed by atoms with Gasteiger partial charge in [0, 0.05) is 48.4 Å². The van der Waals surface area contributed by atoms with E-state index in [0.717, 1.165) is 35.5 Å². The van der Waals surface area contributed by atoms with Crippen molar-refractivity contribution in [3.63, 3.8) is 0 Å². The van der Waals surface area contributed by atoms with E-state index in [9.17, 15) is 4.79 Å². The third-order valence-corrected chi connectivity index (χ3v) is 7.13. The van der Waals surface area contributed by atoms with Gasteiger partial charge in [0.05, 0.1) is 11.2 Å². The summed E-state index contributed by atoms with van der Waals surface area (Å²) in [6.07, 6.45) is 12.4. The van der Waals surface area contributed by atoms with Crippen molar-refractivity contribution in [2.45, 2.75) is 39.2 Å². The summed E-state index contributed by atoms with van der Waals surface area (Å²) < 4.78 is 2.37. The van der Waals surface area contributed by atoms with Gasteiger partial charge < -0.3 is 14.8 Å². The number of pyridine rings is 1. The Morgan fingerprint density at radius 2 is 2.29 bits per heavy atom. The molecule has 1 saturated carbocycles. The number of fused-ring (bicyclic) bond motifs is 1. The van der Waals surface area contributed by atoms with Gasteiger partial charge in [-0.3, -0.25) is 4.79 Å². The number of nitrogens with one attached hydrogen (secondary N) is 1. The van der Waals surface area contributed by atoms with Crippen LogP contribution in [0.1, 0.15) is 36.3 Å². The Labute approximate surface area is 186 Å². The lowest BCUT2D eigenvalue weighted by atomic mass is 9.85. The second-order valence-electron chi connectivity index (χ2n) is 8.42. The van der Waals surface area contributed by atoms with E-state index in [2.05, 4.69) is 52.8 Å². The van der Waals surface area contributed by atoms with Crippen molar-refractivity contribution < 1.29 is 4.79 Å². The normalized spacial score (nSPS) is 16.8. The van der Waals surface area contributed by atoms with Gasteiger partial charge in [0.2, 0.25) is 5.91 Å². The summed E-state index contributed by atoms with van der Waals surface area (Å²) in [5, 5.41) is 5.44. The minimum Gasteiger partial charge on any atom is -0.347 e. The number of anilines is 2. The summed E-state index contributed by atoms with van der Waals surface area (Å²) in [7, 11) is 0. The summed E-state index contributed by atoms with van der Waals surface area (Å²) >= 11 is 1.63. The van der Waals surface area contributed by atoms with Gasteiger partial charge in [-0.1, -0.05) is 19.1 Å². The Bertz CT molecular complexity index is 1170. The highest BCUT2D eigenvalue weighted by molar-refractivity contribution is 7.15. The Hall–Kier alpha value is -2.93. The molecule has 0 bridgehead atoms. The maximum atomic E-state index is 12.0. The molecular weight excluding hydrogens is 406 g/mol. The minimum atomic E-state index is -0.0189. The average Bonchev–Trinajstić information content (AvgIpc) is 3.35.